The van der Waals surface area contributed by atoms with Crippen LogP contribution in [0.15, 0.2) is 48.6 Å². The van der Waals surface area contributed by atoms with Gasteiger partial charge in [-0.25, -0.2) is 0 Å². The molecule has 1 rings (SSSR count). The molecule has 0 bridgehead atoms. The van der Waals surface area contributed by atoms with Crippen molar-refractivity contribution in [3.8, 4) is 0 Å². The number of amides is 1. The first-order valence-electron chi connectivity index (χ1n) is 26.9. The molecule has 66 heavy (non-hydrogen) atoms. The van der Waals surface area contributed by atoms with Crippen LogP contribution in [0.4, 0.5) is 0 Å². The van der Waals surface area contributed by atoms with Crippen molar-refractivity contribution in [2.24, 2.45) is 0 Å². The molecule has 0 spiro atoms. The van der Waals surface area contributed by atoms with E-state index in [0.29, 0.717) is 19.3 Å². The lowest BCUT2D eigenvalue weighted by atomic mass is 9.99. The molecule has 0 aromatic carbocycles. The summed E-state index contributed by atoms with van der Waals surface area (Å²) in [6, 6.07) is -1.02. The Balaban J connectivity index is 2.76. The van der Waals surface area contributed by atoms with Crippen LogP contribution in [-0.2, 0) is 23.8 Å². The van der Waals surface area contributed by atoms with Crippen LogP contribution in [0.5, 0.6) is 0 Å². The predicted molar refractivity (Wildman–Crippen MR) is 269 cm³/mol. The molecule has 8 atom stereocenters. The van der Waals surface area contributed by atoms with Gasteiger partial charge in [-0.05, 0) is 44.9 Å². The first-order valence-corrected chi connectivity index (χ1v) is 26.9. The minimum Gasteiger partial charge on any atom is -0.454 e. The lowest BCUT2D eigenvalue weighted by Gasteiger charge is -2.41. The first-order chi connectivity index (χ1) is 32.2. The van der Waals surface area contributed by atoms with Gasteiger partial charge in [0.15, 0.2) is 12.4 Å². The molecule has 6 N–H and O–H groups in total. The van der Waals surface area contributed by atoms with E-state index in [9.17, 15) is 35.1 Å². The van der Waals surface area contributed by atoms with Gasteiger partial charge in [0.1, 0.15) is 24.4 Å². The smallest absolute Gasteiger partial charge is 0.306 e. The minimum absolute atomic E-state index is 0.111. The van der Waals surface area contributed by atoms with E-state index in [-0.39, 0.29) is 13.0 Å². The molecule has 1 aliphatic rings. The number of hydrogen-bond acceptors (Lipinski definition) is 10. The third kappa shape index (κ3) is 32.4. The zero-order valence-electron chi connectivity index (χ0n) is 42.1. The largest absolute Gasteiger partial charge is 0.454 e. The lowest BCUT2D eigenvalue weighted by molar-refractivity contribution is -0.305. The topological polar surface area (TPSA) is 175 Å². The lowest BCUT2D eigenvalue weighted by Crippen LogP contribution is -2.61. The monoisotopic (exact) mass is 934 g/mol. The van der Waals surface area contributed by atoms with Gasteiger partial charge in [-0.2, -0.15) is 0 Å². The van der Waals surface area contributed by atoms with E-state index in [1.54, 1.807) is 6.08 Å². The number of carbonyl (C=O) groups excluding carboxylic acids is 2. The maximum Gasteiger partial charge on any atom is 0.306 e. The van der Waals surface area contributed by atoms with Gasteiger partial charge in [0.2, 0.25) is 5.91 Å². The molecule has 0 radical (unpaired) electrons. The van der Waals surface area contributed by atoms with E-state index in [4.69, 9.17) is 14.2 Å². The highest BCUT2D eigenvalue weighted by atomic mass is 16.7. The molecule has 1 heterocycles. The van der Waals surface area contributed by atoms with Gasteiger partial charge >= 0.3 is 5.97 Å². The Hall–Kier alpha value is -2.38. The fraction of sp³-hybridized carbons (Fsp3) is 0.818. The molecule has 1 saturated heterocycles. The number of ether oxygens (including phenoxy) is 3. The fourth-order valence-corrected chi connectivity index (χ4v) is 8.24. The molecule has 384 valence electrons. The third-order valence-electron chi connectivity index (χ3n) is 12.6. The van der Waals surface area contributed by atoms with E-state index >= 15 is 0 Å². The van der Waals surface area contributed by atoms with Crippen molar-refractivity contribution in [1.82, 2.24) is 5.32 Å². The van der Waals surface area contributed by atoms with Crippen LogP contribution in [-0.4, -0.2) is 99.6 Å². The Morgan fingerprint density at radius 2 is 1.09 bits per heavy atom. The average molecular weight is 934 g/mol. The zero-order valence-corrected chi connectivity index (χ0v) is 42.1. The number of carbonyl (C=O) groups is 2. The molecule has 0 saturated carbocycles. The van der Waals surface area contributed by atoms with E-state index in [1.807, 2.05) is 12.2 Å². The first kappa shape index (κ1) is 61.6. The van der Waals surface area contributed by atoms with Crippen LogP contribution in [0, 0.1) is 0 Å². The van der Waals surface area contributed by atoms with Crippen LogP contribution in [0.1, 0.15) is 226 Å². The summed E-state index contributed by atoms with van der Waals surface area (Å²) in [5.41, 5.74) is 0. The fourth-order valence-electron chi connectivity index (χ4n) is 8.24. The van der Waals surface area contributed by atoms with Gasteiger partial charge in [-0.15, -0.1) is 0 Å². The number of aliphatic hydroxyl groups is 5. The highest BCUT2D eigenvalue weighted by Gasteiger charge is 2.47. The van der Waals surface area contributed by atoms with Crippen molar-refractivity contribution in [1.29, 1.82) is 0 Å². The second-order valence-corrected chi connectivity index (χ2v) is 18.6. The van der Waals surface area contributed by atoms with Crippen molar-refractivity contribution in [3.05, 3.63) is 48.6 Å². The van der Waals surface area contributed by atoms with Gasteiger partial charge in [0.25, 0.3) is 0 Å². The number of nitrogens with one attached hydrogen (secondary N) is 1. The van der Waals surface area contributed by atoms with Gasteiger partial charge < -0.3 is 45.1 Å². The highest BCUT2D eigenvalue weighted by molar-refractivity contribution is 5.80. The van der Waals surface area contributed by atoms with Gasteiger partial charge in [0.05, 0.1) is 25.4 Å². The maximum absolute atomic E-state index is 13.3. The quantitative estimate of drug-likeness (QED) is 0.0149. The zero-order chi connectivity index (χ0) is 48.3. The van der Waals surface area contributed by atoms with E-state index in [0.717, 1.165) is 89.9 Å². The summed E-state index contributed by atoms with van der Waals surface area (Å²) in [6.07, 6.45) is 40.2. The third-order valence-corrected chi connectivity index (χ3v) is 12.6. The second kappa shape index (κ2) is 43.9. The predicted octanol–water partition coefficient (Wildman–Crippen LogP) is 11.3. The second-order valence-electron chi connectivity index (χ2n) is 18.6. The van der Waals surface area contributed by atoms with E-state index in [2.05, 4.69) is 56.5 Å². The van der Waals surface area contributed by atoms with E-state index < -0.39 is 67.4 Å². The summed E-state index contributed by atoms with van der Waals surface area (Å²) in [4.78, 5) is 26.3. The number of allylic oxidation sites excluding steroid dienone is 7. The number of rotatable bonds is 44. The number of hydrogen-bond donors (Lipinski definition) is 6. The van der Waals surface area contributed by atoms with Gasteiger partial charge in [-0.1, -0.05) is 223 Å². The maximum atomic E-state index is 13.3. The van der Waals surface area contributed by atoms with Gasteiger partial charge in [0, 0.05) is 6.42 Å². The SMILES string of the molecule is CC/C=C/C=C/C=C/CCCCCCCCCC(=O)OC1C(OCC(NC(=O)C(O)CCCCCCCCCCCC)C(O)/C=C/CCCCCCCCCCCC)OC(CO)C(O)C1O. The molecule has 0 aromatic rings. The van der Waals surface area contributed by atoms with Crippen LogP contribution in [0.25, 0.3) is 0 Å². The molecule has 1 amide bonds. The molecule has 8 unspecified atom stereocenters. The van der Waals surface area contributed by atoms with Crippen LogP contribution < -0.4 is 5.32 Å². The number of esters is 1. The summed E-state index contributed by atoms with van der Waals surface area (Å²) >= 11 is 0. The molecular weight excluding hydrogens is 835 g/mol. The standard InChI is InChI=1S/C55H99NO10/c1-4-7-10-13-16-19-22-24-25-26-28-31-34-37-40-43-50(60)66-53-52(62)51(61)49(44-57)65-55(53)64-45-46(47(58)41-38-35-32-30-27-23-20-17-14-11-8-5-2)56-54(63)48(59)42-39-36-33-29-21-18-15-12-9-6-3/h7,10,13,16,19,22,38,41,46-49,51-53,55,57-59,61-62H,4-6,8-9,11-12,14-15,17-18,20-21,23-37,39-40,42-45H2,1-3H3,(H,56,63)/b10-7+,16-13+,22-19+,41-38+. The van der Waals surface area contributed by atoms with Crippen molar-refractivity contribution in [2.75, 3.05) is 13.2 Å². The summed E-state index contributed by atoms with van der Waals surface area (Å²) in [5.74, 6) is -1.21. The molecular formula is C55H99NO10. The van der Waals surface area contributed by atoms with Crippen LogP contribution in [0.2, 0.25) is 0 Å². The molecule has 1 fully saturated rings. The van der Waals surface area contributed by atoms with Crippen LogP contribution >= 0.6 is 0 Å². The summed E-state index contributed by atoms with van der Waals surface area (Å²) in [7, 11) is 0. The van der Waals surface area contributed by atoms with Crippen molar-refractivity contribution < 1.29 is 49.3 Å². The molecule has 0 aliphatic carbocycles. The summed E-state index contributed by atoms with van der Waals surface area (Å²) in [5, 5.41) is 56.6. The Morgan fingerprint density at radius 1 is 0.606 bits per heavy atom. The highest BCUT2D eigenvalue weighted by Crippen LogP contribution is 2.26. The Morgan fingerprint density at radius 3 is 1.62 bits per heavy atom. The Labute approximate surface area is 402 Å². The van der Waals surface area contributed by atoms with Crippen molar-refractivity contribution in [3.63, 3.8) is 0 Å². The molecule has 11 heteroatoms. The number of aliphatic hydroxyl groups excluding tert-OH is 5. The molecule has 11 nitrogen and oxygen atoms in total. The Bertz CT molecular complexity index is 1260. The van der Waals surface area contributed by atoms with Crippen molar-refractivity contribution in [2.45, 2.75) is 275 Å². The van der Waals surface area contributed by atoms with Gasteiger partial charge in [-0.3, -0.25) is 9.59 Å². The average Bonchev–Trinajstić information content (AvgIpc) is 3.31. The minimum atomic E-state index is -1.62. The van der Waals surface area contributed by atoms with E-state index in [1.165, 1.54) is 89.9 Å². The summed E-state index contributed by atoms with van der Waals surface area (Å²) in [6.45, 7) is 5.61. The molecule has 0 aromatic heterocycles. The number of unbranched alkanes of at least 4 members (excludes halogenated alkanes) is 26. The van der Waals surface area contributed by atoms with Crippen LogP contribution in [0.3, 0.4) is 0 Å². The molecule has 1 aliphatic heterocycles. The normalized spacial score (nSPS) is 20.5. The van der Waals surface area contributed by atoms with Crippen molar-refractivity contribution >= 4 is 11.9 Å². The summed E-state index contributed by atoms with van der Waals surface area (Å²) < 4.78 is 17.5. The Kier molecular flexibility index (Phi) is 41.0.